The molecule has 0 aliphatic heterocycles. The van der Waals surface area contributed by atoms with E-state index in [1.807, 2.05) is 12.1 Å². The Morgan fingerprint density at radius 2 is 1.72 bits per heavy atom. The SMILES string of the molecule is CCCCc1ccccc1NC(=O)c1ccc([N+](=O)[O-])c([N+](=O)[O-])c1. The van der Waals surface area contributed by atoms with Crippen LogP contribution in [-0.2, 0) is 6.42 Å². The van der Waals surface area contributed by atoms with Crippen molar-refractivity contribution in [1.29, 1.82) is 0 Å². The minimum atomic E-state index is -0.871. The topological polar surface area (TPSA) is 115 Å². The molecular weight excluding hydrogens is 326 g/mol. The van der Waals surface area contributed by atoms with Crippen LogP contribution in [0.15, 0.2) is 42.5 Å². The van der Waals surface area contributed by atoms with Crippen molar-refractivity contribution in [2.75, 3.05) is 5.32 Å². The monoisotopic (exact) mass is 343 g/mol. The lowest BCUT2D eigenvalue weighted by molar-refractivity contribution is -0.422. The van der Waals surface area contributed by atoms with Gasteiger partial charge >= 0.3 is 11.4 Å². The van der Waals surface area contributed by atoms with Crippen molar-refractivity contribution in [1.82, 2.24) is 0 Å². The van der Waals surface area contributed by atoms with Crippen molar-refractivity contribution in [3.63, 3.8) is 0 Å². The molecule has 25 heavy (non-hydrogen) atoms. The number of hydrogen-bond donors (Lipinski definition) is 1. The zero-order valence-electron chi connectivity index (χ0n) is 13.6. The average Bonchev–Trinajstić information content (AvgIpc) is 2.60. The summed E-state index contributed by atoms with van der Waals surface area (Å²) in [6, 6.07) is 10.4. The van der Waals surface area contributed by atoms with Gasteiger partial charge in [0.05, 0.1) is 9.85 Å². The summed E-state index contributed by atoms with van der Waals surface area (Å²) in [7, 11) is 0. The van der Waals surface area contributed by atoms with E-state index >= 15 is 0 Å². The van der Waals surface area contributed by atoms with Crippen molar-refractivity contribution in [2.24, 2.45) is 0 Å². The van der Waals surface area contributed by atoms with Gasteiger partial charge in [0.25, 0.3) is 5.91 Å². The number of rotatable bonds is 7. The standard InChI is InChI=1S/C17H17N3O5/c1-2-3-6-12-7-4-5-8-14(12)18-17(21)13-9-10-15(19(22)23)16(11-13)20(24)25/h4-5,7-11H,2-3,6H2,1H3,(H,18,21). The number of hydrogen-bond acceptors (Lipinski definition) is 5. The van der Waals surface area contributed by atoms with Gasteiger partial charge in [-0.3, -0.25) is 25.0 Å². The van der Waals surface area contributed by atoms with Gasteiger partial charge in [-0.1, -0.05) is 31.5 Å². The summed E-state index contributed by atoms with van der Waals surface area (Å²) in [6.07, 6.45) is 2.78. The van der Waals surface area contributed by atoms with Gasteiger partial charge in [-0.15, -0.1) is 0 Å². The number of nitro groups is 2. The van der Waals surface area contributed by atoms with E-state index in [4.69, 9.17) is 0 Å². The summed E-state index contributed by atoms with van der Waals surface area (Å²) in [6.45, 7) is 2.07. The van der Waals surface area contributed by atoms with E-state index in [1.165, 1.54) is 6.07 Å². The third-order valence-corrected chi connectivity index (χ3v) is 3.70. The van der Waals surface area contributed by atoms with E-state index in [1.54, 1.807) is 12.1 Å². The van der Waals surface area contributed by atoms with Crippen LogP contribution in [0, 0.1) is 20.2 Å². The Hall–Kier alpha value is -3.29. The Labute approximate surface area is 143 Å². The number of nitro benzene ring substituents is 2. The molecule has 0 spiro atoms. The van der Waals surface area contributed by atoms with Crippen molar-refractivity contribution < 1.29 is 14.6 Å². The van der Waals surface area contributed by atoms with Crippen LogP contribution in [0.2, 0.25) is 0 Å². The number of nitrogens with one attached hydrogen (secondary N) is 1. The summed E-state index contributed by atoms with van der Waals surface area (Å²) in [5.74, 6) is -0.554. The van der Waals surface area contributed by atoms with E-state index in [0.717, 1.165) is 37.0 Å². The van der Waals surface area contributed by atoms with Gasteiger partial charge in [-0.2, -0.15) is 0 Å². The molecule has 0 heterocycles. The number of benzene rings is 2. The molecule has 8 nitrogen and oxygen atoms in total. The first-order valence-corrected chi connectivity index (χ1v) is 7.76. The second kappa shape index (κ2) is 8.00. The fraction of sp³-hybridized carbons (Fsp3) is 0.235. The average molecular weight is 343 g/mol. The van der Waals surface area contributed by atoms with Gasteiger partial charge in [0.1, 0.15) is 0 Å². The van der Waals surface area contributed by atoms with Crippen LogP contribution in [-0.4, -0.2) is 15.8 Å². The molecule has 0 saturated heterocycles. The second-order valence-electron chi connectivity index (χ2n) is 5.43. The zero-order chi connectivity index (χ0) is 18.4. The first kappa shape index (κ1) is 18.1. The predicted molar refractivity (Wildman–Crippen MR) is 92.8 cm³/mol. The maximum atomic E-state index is 12.4. The Kier molecular flexibility index (Phi) is 5.78. The van der Waals surface area contributed by atoms with Crippen LogP contribution in [0.1, 0.15) is 35.7 Å². The first-order chi connectivity index (χ1) is 11.9. The van der Waals surface area contributed by atoms with E-state index in [2.05, 4.69) is 12.2 Å². The number of unbranched alkanes of at least 4 members (excludes halogenated alkanes) is 1. The normalized spacial score (nSPS) is 10.3. The van der Waals surface area contributed by atoms with Crippen LogP contribution in [0.25, 0.3) is 0 Å². The third kappa shape index (κ3) is 4.37. The highest BCUT2D eigenvalue weighted by atomic mass is 16.6. The number of aryl methyl sites for hydroxylation is 1. The molecule has 1 amide bonds. The Morgan fingerprint density at radius 3 is 2.36 bits per heavy atom. The molecule has 130 valence electrons. The number of amides is 1. The molecular formula is C17H17N3O5. The summed E-state index contributed by atoms with van der Waals surface area (Å²) in [5.41, 5.74) is 0.223. The highest BCUT2D eigenvalue weighted by molar-refractivity contribution is 6.05. The molecule has 0 aromatic heterocycles. The highest BCUT2D eigenvalue weighted by Gasteiger charge is 2.25. The van der Waals surface area contributed by atoms with Crippen LogP contribution >= 0.6 is 0 Å². The van der Waals surface area contributed by atoms with E-state index in [-0.39, 0.29) is 5.56 Å². The van der Waals surface area contributed by atoms with Crippen LogP contribution in [0.3, 0.4) is 0 Å². The molecule has 0 fully saturated rings. The van der Waals surface area contributed by atoms with Crippen molar-refractivity contribution >= 4 is 23.0 Å². The van der Waals surface area contributed by atoms with Crippen LogP contribution < -0.4 is 5.32 Å². The van der Waals surface area contributed by atoms with E-state index in [9.17, 15) is 25.0 Å². The van der Waals surface area contributed by atoms with Gasteiger partial charge in [0.15, 0.2) is 0 Å². The number of anilines is 1. The summed E-state index contributed by atoms with van der Waals surface area (Å²) < 4.78 is 0. The largest absolute Gasteiger partial charge is 0.346 e. The third-order valence-electron chi connectivity index (χ3n) is 3.70. The van der Waals surface area contributed by atoms with Crippen molar-refractivity contribution in [2.45, 2.75) is 26.2 Å². The molecule has 0 unspecified atom stereocenters. The fourth-order valence-corrected chi connectivity index (χ4v) is 2.39. The van der Waals surface area contributed by atoms with Crippen LogP contribution in [0.4, 0.5) is 17.1 Å². The lowest BCUT2D eigenvalue weighted by Gasteiger charge is -2.11. The smallest absolute Gasteiger partial charge is 0.322 e. The molecule has 0 saturated carbocycles. The van der Waals surface area contributed by atoms with Crippen molar-refractivity contribution in [3.05, 3.63) is 73.8 Å². The van der Waals surface area contributed by atoms with E-state index < -0.39 is 27.1 Å². The molecule has 8 heteroatoms. The number of carbonyl (C=O) groups is 1. The zero-order valence-corrected chi connectivity index (χ0v) is 13.6. The molecule has 0 bridgehead atoms. The maximum Gasteiger partial charge on any atom is 0.346 e. The molecule has 2 rings (SSSR count). The Morgan fingerprint density at radius 1 is 1.04 bits per heavy atom. The second-order valence-corrected chi connectivity index (χ2v) is 5.43. The lowest BCUT2D eigenvalue weighted by atomic mass is 10.1. The van der Waals surface area contributed by atoms with Gasteiger partial charge in [0, 0.05) is 23.4 Å². The number of nitrogens with zero attached hydrogens (tertiary/aromatic N) is 2. The molecule has 2 aromatic rings. The Balaban J connectivity index is 2.29. The fourth-order valence-electron chi connectivity index (χ4n) is 2.39. The summed E-state index contributed by atoms with van der Waals surface area (Å²) in [5, 5.41) is 24.6. The van der Waals surface area contributed by atoms with Gasteiger partial charge in [-0.05, 0) is 30.5 Å². The van der Waals surface area contributed by atoms with Gasteiger partial charge < -0.3 is 5.32 Å². The lowest BCUT2D eigenvalue weighted by Crippen LogP contribution is -2.14. The first-order valence-electron chi connectivity index (χ1n) is 7.76. The number of para-hydroxylation sites is 1. The molecule has 1 N–H and O–H groups in total. The maximum absolute atomic E-state index is 12.4. The predicted octanol–water partition coefficient (Wildman–Crippen LogP) is 4.10. The van der Waals surface area contributed by atoms with Gasteiger partial charge in [0.2, 0.25) is 0 Å². The Bertz CT molecular complexity index is 820. The summed E-state index contributed by atoms with van der Waals surface area (Å²) >= 11 is 0. The number of carbonyl (C=O) groups excluding carboxylic acids is 1. The van der Waals surface area contributed by atoms with E-state index in [0.29, 0.717) is 5.69 Å². The molecule has 2 aromatic carbocycles. The minimum Gasteiger partial charge on any atom is -0.322 e. The highest BCUT2D eigenvalue weighted by Crippen LogP contribution is 2.28. The van der Waals surface area contributed by atoms with Gasteiger partial charge in [-0.25, -0.2) is 0 Å². The molecule has 0 aliphatic carbocycles. The molecule has 0 radical (unpaired) electrons. The quantitative estimate of drug-likeness (QED) is 0.600. The minimum absolute atomic E-state index is 0.0115. The van der Waals surface area contributed by atoms with Crippen molar-refractivity contribution in [3.8, 4) is 0 Å². The molecule has 0 atom stereocenters. The molecule has 0 aliphatic rings. The summed E-state index contributed by atoms with van der Waals surface area (Å²) in [4.78, 5) is 32.5. The van der Waals surface area contributed by atoms with Crippen LogP contribution in [0.5, 0.6) is 0 Å².